The molecule has 0 aromatic carbocycles. The normalized spacial score (nSPS) is 15.9. The first-order valence-corrected chi connectivity index (χ1v) is 7.14. The average Bonchev–Trinajstić information content (AvgIpc) is 3.23. The number of aromatic nitrogens is 3. The summed E-state index contributed by atoms with van der Waals surface area (Å²) in [5, 5.41) is 11.8. The van der Waals surface area contributed by atoms with Gasteiger partial charge in [-0.15, -0.1) is 0 Å². The van der Waals surface area contributed by atoms with Crippen LogP contribution in [-0.4, -0.2) is 26.9 Å². The highest BCUT2D eigenvalue weighted by Crippen LogP contribution is 2.39. The maximum Gasteiger partial charge on any atom is 0.256 e. The lowest BCUT2D eigenvalue weighted by molar-refractivity contribution is 0.0939. The number of H-pyrrole nitrogens is 1. The van der Waals surface area contributed by atoms with Crippen molar-refractivity contribution >= 4 is 17.1 Å². The molecular formula is C15H17N5O. The SMILES string of the molecule is CC(C)C(C#N)NC(=O)c1c[nH]c2ncc(C3CC3)nc12. The van der Waals surface area contributed by atoms with Crippen LogP contribution in [0.4, 0.5) is 0 Å². The Hall–Kier alpha value is -2.42. The first-order chi connectivity index (χ1) is 10.1. The van der Waals surface area contributed by atoms with Crippen molar-refractivity contribution in [3.8, 4) is 6.07 Å². The van der Waals surface area contributed by atoms with Gasteiger partial charge in [-0.25, -0.2) is 9.97 Å². The molecule has 6 heteroatoms. The zero-order valence-electron chi connectivity index (χ0n) is 12.1. The van der Waals surface area contributed by atoms with Gasteiger partial charge in [0.05, 0.1) is 23.5 Å². The van der Waals surface area contributed by atoms with E-state index in [2.05, 4.69) is 26.3 Å². The highest BCUT2D eigenvalue weighted by molar-refractivity contribution is 6.04. The highest BCUT2D eigenvalue weighted by atomic mass is 16.1. The van der Waals surface area contributed by atoms with Crippen LogP contribution < -0.4 is 5.32 Å². The third kappa shape index (κ3) is 2.59. The van der Waals surface area contributed by atoms with Gasteiger partial charge >= 0.3 is 0 Å². The fourth-order valence-electron chi connectivity index (χ4n) is 2.22. The van der Waals surface area contributed by atoms with Crippen molar-refractivity contribution in [3.63, 3.8) is 0 Å². The molecule has 1 fully saturated rings. The van der Waals surface area contributed by atoms with E-state index >= 15 is 0 Å². The molecule has 1 atom stereocenters. The number of nitrogens with one attached hydrogen (secondary N) is 2. The predicted molar refractivity (Wildman–Crippen MR) is 77.6 cm³/mol. The topological polar surface area (TPSA) is 94.5 Å². The molecule has 0 spiro atoms. The van der Waals surface area contributed by atoms with Gasteiger partial charge in [0.2, 0.25) is 0 Å². The van der Waals surface area contributed by atoms with E-state index in [0.717, 1.165) is 18.5 Å². The van der Waals surface area contributed by atoms with Crippen molar-refractivity contribution in [1.82, 2.24) is 20.3 Å². The van der Waals surface area contributed by atoms with Gasteiger partial charge in [-0.1, -0.05) is 13.8 Å². The minimum absolute atomic E-state index is 0.0530. The number of hydrogen-bond donors (Lipinski definition) is 2. The zero-order valence-corrected chi connectivity index (χ0v) is 12.1. The fourth-order valence-corrected chi connectivity index (χ4v) is 2.22. The first-order valence-electron chi connectivity index (χ1n) is 7.14. The molecular weight excluding hydrogens is 266 g/mol. The molecule has 1 saturated carbocycles. The van der Waals surface area contributed by atoms with Crippen LogP contribution in [0.15, 0.2) is 12.4 Å². The van der Waals surface area contributed by atoms with E-state index in [1.807, 2.05) is 13.8 Å². The summed E-state index contributed by atoms with van der Waals surface area (Å²) in [6, 6.07) is 1.59. The molecule has 1 unspecified atom stereocenters. The number of hydrogen-bond acceptors (Lipinski definition) is 4. The smallest absolute Gasteiger partial charge is 0.256 e. The Balaban J connectivity index is 1.90. The van der Waals surface area contributed by atoms with Crippen LogP contribution in [0.1, 0.15) is 48.7 Å². The van der Waals surface area contributed by atoms with Crippen LogP contribution in [0.25, 0.3) is 11.2 Å². The van der Waals surface area contributed by atoms with Gasteiger partial charge in [0.15, 0.2) is 5.65 Å². The second kappa shape index (κ2) is 5.17. The second-order valence-corrected chi connectivity index (χ2v) is 5.79. The summed E-state index contributed by atoms with van der Waals surface area (Å²) in [7, 11) is 0. The lowest BCUT2D eigenvalue weighted by Crippen LogP contribution is -2.37. The molecule has 0 bridgehead atoms. The highest BCUT2D eigenvalue weighted by Gasteiger charge is 2.27. The Morgan fingerprint density at radius 3 is 2.90 bits per heavy atom. The summed E-state index contributed by atoms with van der Waals surface area (Å²) < 4.78 is 0. The number of amides is 1. The van der Waals surface area contributed by atoms with Crippen LogP contribution >= 0.6 is 0 Å². The van der Waals surface area contributed by atoms with Gasteiger partial charge < -0.3 is 10.3 Å². The van der Waals surface area contributed by atoms with E-state index in [0.29, 0.717) is 22.6 Å². The molecule has 2 N–H and O–H groups in total. The first kappa shape index (κ1) is 13.6. The Bertz CT molecular complexity index is 723. The number of nitriles is 1. The number of nitrogens with zero attached hydrogens (tertiary/aromatic N) is 3. The van der Waals surface area contributed by atoms with Gasteiger partial charge in [-0.3, -0.25) is 4.79 Å². The summed E-state index contributed by atoms with van der Waals surface area (Å²) in [5.41, 5.74) is 2.57. The minimum atomic E-state index is -0.512. The molecule has 2 heterocycles. The summed E-state index contributed by atoms with van der Waals surface area (Å²) in [6.07, 6.45) is 5.64. The lowest BCUT2D eigenvalue weighted by atomic mass is 10.1. The van der Waals surface area contributed by atoms with Crippen LogP contribution in [-0.2, 0) is 0 Å². The van der Waals surface area contributed by atoms with Crippen molar-refractivity contribution in [2.24, 2.45) is 5.92 Å². The molecule has 6 nitrogen and oxygen atoms in total. The quantitative estimate of drug-likeness (QED) is 0.898. The van der Waals surface area contributed by atoms with E-state index in [1.165, 1.54) is 0 Å². The molecule has 1 aliphatic rings. The van der Waals surface area contributed by atoms with E-state index in [1.54, 1.807) is 12.4 Å². The maximum atomic E-state index is 12.3. The third-order valence-electron chi connectivity index (χ3n) is 3.73. The van der Waals surface area contributed by atoms with Gasteiger partial charge in [-0.2, -0.15) is 5.26 Å². The Morgan fingerprint density at radius 1 is 1.52 bits per heavy atom. The molecule has 21 heavy (non-hydrogen) atoms. The monoisotopic (exact) mass is 283 g/mol. The van der Waals surface area contributed by atoms with Crippen molar-refractivity contribution in [2.45, 2.75) is 38.6 Å². The largest absolute Gasteiger partial charge is 0.344 e. The van der Waals surface area contributed by atoms with Crippen molar-refractivity contribution in [1.29, 1.82) is 5.26 Å². The molecule has 1 aliphatic carbocycles. The van der Waals surface area contributed by atoms with Gasteiger partial charge in [0, 0.05) is 12.1 Å². The molecule has 3 rings (SSSR count). The van der Waals surface area contributed by atoms with E-state index < -0.39 is 6.04 Å². The predicted octanol–water partition coefficient (Wildman–Crippen LogP) is 2.11. The maximum absolute atomic E-state index is 12.3. The van der Waals surface area contributed by atoms with Crippen LogP contribution in [0.5, 0.6) is 0 Å². The van der Waals surface area contributed by atoms with Crippen molar-refractivity contribution < 1.29 is 4.79 Å². The molecule has 0 saturated heterocycles. The lowest BCUT2D eigenvalue weighted by Gasteiger charge is -2.14. The number of carbonyl (C=O) groups is 1. The van der Waals surface area contributed by atoms with Crippen molar-refractivity contribution in [3.05, 3.63) is 23.7 Å². The molecule has 0 radical (unpaired) electrons. The van der Waals surface area contributed by atoms with Gasteiger partial charge in [0.25, 0.3) is 5.91 Å². The van der Waals surface area contributed by atoms with E-state index in [9.17, 15) is 4.79 Å². The minimum Gasteiger partial charge on any atom is -0.344 e. The van der Waals surface area contributed by atoms with Gasteiger partial charge in [0.1, 0.15) is 11.6 Å². The number of rotatable bonds is 4. The van der Waals surface area contributed by atoms with E-state index in [-0.39, 0.29) is 11.8 Å². The third-order valence-corrected chi connectivity index (χ3v) is 3.73. The van der Waals surface area contributed by atoms with Gasteiger partial charge in [-0.05, 0) is 18.8 Å². The molecule has 0 aliphatic heterocycles. The van der Waals surface area contributed by atoms with E-state index in [4.69, 9.17) is 5.26 Å². The van der Waals surface area contributed by atoms with Crippen LogP contribution in [0.3, 0.4) is 0 Å². The summed E-state index contributed by atoms with van der Waals surface area (Å²) in [6.45, 7) is 3.79. The molecule has 2 aromatic heterocycles. The second-order valence-electron chi connectivity index (χ2n) is 5.79. The molecule has 1 amide bonds. The standard InChI is InChI=1S/C15H17N5O/c1-8(2)11(5-16)20-15(21)10-6-17-14-13(10)19-12(7-18-14)9-3-4-9/h6-9,11H,3-4H2,1-2H3,(H,17,18)(H,20,21). The fraction of sp³-hybridized carbons (Fsp3) is 0.467. The summed E-state index contributed by atoms with van der Waals surface area (Å²) in [5.74, 6) is 0.247. The summed E-state index contributed by atoms with van der Waals surface area (Å²) >= 11 is 0. The number of carbonyl (C=O) groups excluding carboxylic acids is 1. The number of fused-ring (bicyclic) bond motifs is 1. The summed E-state index contributed by atoms with van der Waals surface area (Å²) in [4.78, 5) is 24.2. The van der Waals surface area contributed by atoms with Crippen molar-refractivity contribution in [2.75, 3.05) is 0 Å². The molecule has 108 valence electrons. The molecule has 2 aromatic rings. The Labute approximate surface area is 122 Å². The van der Waals surface area contributed by atoms with Crippen LogP contribution in [0.2, 0.25) is 0 Å². The number of aromatic amines is 1. The average molecular weight is 283 g/mol. The Kier molecular flexibility index (Phi) is 3.34. The Morgan fingerprint density at radius 2 is 2.29 bits per heavy atom. The zero-order chi connectivity index (χ0) is 15.0. The van der Waals surface area contributed by atoms with Crippen LogP contribution in [0, 0.1) is 17.2 Å².